The smallest absolute Gasteiger partial charge is 0.236 e. The van der Waals surface area contributed by atoms with Gasteiger partial charge in [0, 0.05) is 17.0 Å². The first-order chi connectivity index (χ1) is 12.3. The molecular weight excluding hydrogens is 356 g/mol. The zero-order valence-electron chi connectivity index (χ0n) is 12.9. The summed E-state index contributed by atoms with van der Waals surface area (Å²) in [4.78, 5) is 21.7. The lowest BCUT2D eigenvalue weighted by molar-refractivity contribution is -0.113. The van der Waals surface area contributed by atoms with Crippen molar-refractivity contribution in [2.75, 3.05) is 11.1 Å². The third kappa shape index (κ3) is 3.40. The summed E-state index contributed by atoms with van der Waals surface area (Å²) in [5, 5.41) is 10.2. The average molecular weight is 368 g/mol. The molecule has 4 rings (SSSR count). The molecule has 25 heavy (non-hydrogen) atoms. The van der Waals surface area contributed by atoms with E-state index in [1.807, 2.05) is 18.2 Å². The number of nitrogens with zero attached hydrogens (tertiary/aromatic N) is 3. The van der Waals surface area contributed by atoms with Crippen LogP contribution in [0.25, 0.3) is 21.3 Å². The molecule has 0 unspecified atom stereocenters. The molecule has 0 saturated carbocycles. The van der Waals surface area contributed by atoms with Crippen molar-refractivity contribution >= 4 is 45.0 Å². The molecule has 0 aliphatic carbocycles. The molecule has 124 valence electrons. The van der Waals surface area contributed by atoms with Crippen molar-refractivity contribution in [3.8, 4) is 11.1 Å². The zero-order chi connectivity index (χ0) is 17.1. The summed E-state index contributed by atoms with van der Waals surface area (Å²) in [5.41, 5.74) is 2.19. The van der Waals surface area contributed by atoms with Gasteiger partial charge in [0.15, 0.2) is 5.82 Å². The average Bonchev–Trinajstić information content (AvgIpc) is 3.30. The highest BCUT2D eigenvalue weighted by Crippen LogP contribution is 2.37. The maximum atomic E-state index is 12.1. The van der Waals surface area contributed by atoms with Crippen LogP contribution in [-0.4, -0.2) is 26.8 Å². The highest BCUT2D eigenvalue weighted by molar-refractivity contribution is 8.00. The second-order valence-corrected chi connectivity index (χ2v) is 6.92. The van der Waals surface area contributed by atoms with E-state index in [1.54, 1.807) is 17.4 Å². The van der Waals surface area contributed by atoms with Gasteiger partial charge in [-0.3, -0.25) is 4.79 Å². The van der Waals surface area contributed by atoms with E-state index < -0.39 is 0 Å². The molecule has 1 aromatic carbocycles. The van der Waals surface area contributed by atoms with Gasteiger partial charge in [-0.15, -0.1) is 11.3 Å². The monoisotopic (exact) mass is 368 g/mol. The Labute approximate surface area is 151 Å². The molecule has 0 atom stereocenters. The maximum Gasteiger partial charge on any atom is 0.236 e. The Balaban J connectivity index is 1.59. The Morgan fingerprint density at radius 2 is 2.08 bits per heavy atom. The molecule has 0 saturated heterocycles. The van der Waals surface area contributed by atoms with E-state index in [0.29, 0.717) is 5.82 Å². The fourth-order valence-electron chi connectivity index (χ4n) is 2.38. The van der Waals surface area contributed by atoms with Gasteiger partial charge < -0.3 is 9.84 Å². The molecular formula is C17H12N4O2S2. The molecule has 8 heteroatoms. The molecule has 0 spiro atoms. The topological polar surface area (TPSA) is 80.9 Å². The first kappa shape index (κ1) is 15.8. The van der Waals surface area contributed by atoms with Crippen molar-refractivity contribution in [1.29, 1.82) is 0 Å². The van der Waals surface area contributed by atoms with Crippen LogP contribution in [-0.2, 0) is 4.79 Å². The molecule has 4 aromatic rings. The van der Waals surface area contributed by atoms with Crippen LogP contribution in [0.1, 0.15) is 0 Å². The summed E-state index contributed by atoms with van der Waals surface area (Å²) in [6.07, 6.45) is 2.94. The van der Waals surface area contributed by atoms with E-state index in [2.05, 4.69) is 38.0 Å². The van der Waals surface area contributed by atoms with Crippen molar-refractivity contribution in [3.63, 3.8) is 0 Å². The van der Waals surface area contributed by atoms with E-state index >= 15 is 0 Å². The van der Waals surface area contributed by atoms with Gasteiger partial charge >= 0.3 is 0 Å². The predicted octanol–water partition coefficient (Wildman–Crippen LogP) is 4.08. The van der Waals surface area contributed by atoms with Crippen LogP contribution in [0, 0.1) is 0 Å². The molecule has 3 aromatic heterocycles. The highest BCUT2D eigenvalue weighted by atomic mass is 32.2. The van der Waals surface area contributed by atoms with Crippen LogP contribution in [0.3, 0.4) is 0 Å². The maximum absolute atomic E-state index is 12.1. The van der Waals surface area contributed by atoms with E-state index in [-0.39, 0.29) is 11.7 Å². The number of benzene rings is 1. The summed E-state index contributed by atoms with van der Waals surface area (Å²) < 4.78 is 4.70. The summed E-state index contributed by atoms with van der Waals surface area (Å²) in [6.45, 7) is 0. The Hall–Kier alpha value is -2.71. The van der Waals surface area contributed by atoms with E-state index in [1.165, 1.54) is 24.4 Å². The second-order valence-electron chi connectivity index (χ2n) is 5.10. The lowest BCUT2D eigenvalue weighted by Gasteiger charge is -2.05. The van der Waals surface area contributed by atoms with Crippen LogP contribution in [0.15, 0.2) is 63.9 Å². The van der Waals surface area contributed by atoms with Crippen molar-refractivity contribution in [2.45, 2.75) is 5.03 Å². The van der Waals surface area contributed by atoms with Gasteiger partial charge in [0.1, 0.15) is 22.4 Å². The summed E-state index contributed by atoms with van der Waals surface area (Å²) in [6, 6.07) is 11.7. The van der Waals surface area contributed by atoms with Crippen molar-refractivity contribution in [3.05, 3.63) is 54.4 Å². The lowest BCUT2D eigenvalue weighted by atomic mass is 10.1. The van der Waals surface area contributed by atoms with Crippen LogP contribution >= 0.6 is 23.1 Å². The lowest BCUT2D eigenvalue weighted by Crippen LogP contribution is -2.14. The Morgan fingerprint density at radius 3 is 2.88 bits per heavy atom. The summed E-state index contributed by atoms with van der Waals surface area (Å²) in [7, 11) is 0. The number of hydrogen-bond donors (Lipinski definition) is 1. The largest absolute Gasteiger partial charge is 0.363 e. The Kier molecular flexibility index (Phi) is 4.45. The van der Waals surface area contributed by atoms with Gasteiger partial charge in [0.2, 0.25) is 5.91 Å². The first-order valence-corrected chi connectivity index (χ1v) is 9.28. The van der Waals surface area contributed by atoms with E-state index in [9.17, 15) is 4.79 Å². The van der Waals surface area contributed by atoms with Gasteiger partial charge in [-0.1, -0.05) is 47.3 Å². The minimum Gasteiger partial charge on any atom is -0.363 e. The number of aromatic nitrogens is 3. The van der Waals surface area contributed by atoms with Gasteiger partial charge in [-0.2, -0.15) is 0 Å². The SMILES string of the molecule is O=C(CSc1ncnc2scc(-c3ccccc3)c12)Nc1ccon1. The third-order valence-electron chi connectivity index (χ3n) is 3.47. The van der Waals surface area contributed by atoms with E-state index in [0.717, 1.165) is 26.4 Å². The van der Waals surface area contributed by atoms with Gasteiger partial charge in [0.25, 0.3) is 0 Å². The standard InChI is InChI=1S/C17H12N4O2S2/c22-14(20-13-6-7-23-21-13)9-25-17-15-12(11-4-2-1-3-5-11)8-24-16(15)18-10-19-17/h1-8,10H,9H2,(H,20,21,22). The van der Waals surface area contributed by atoms with Crippen LogP contribution < -0.4 is 5.32 Å². The number of amides is 1. The van der Waals surface area contributed by atoms with Crippen molar-refractivity contribution in [1.82, 2.24) is 15.1 Å². The van der Waals surface area contributed by atoms with Gasteiger partial charge in [0.05, 0.1) is 11.1 Å². The number of carbonyl (C=O) groups is 1. The fraction of sp³-hybridized carbons (Fsp3) is 0.0588. The number of nitrogens with one attached hydrogen (secondary N) is 1. The molecule has 6 nitrogen and oxygen atoms in total. The van der Waals surface area contributed by atoms with Crippen molar-refractivity contribution < 1.29 is 9.32 Å². The normalized spacial score (nSPS) is 10.9. The second kappa shape index (κ2) is 7.04. The molecule has 0 fully saturated rings. The van der Waals surface area contributed by atoms with Crippen LogP contribution in [0.4, 0.5) is 5.82 Å². The number of carbonyl (C=O) groups excluding carboxylic acids is 1. The number of fused-ring (bicyclic) bond motifs is 1. The van der Waals surface area contributed by atoms with E-state index in [4.69, 9.17) is 4.52 Å². The number of thioether (sulfide) groups is 1. The number of anilines is 1. The molecule has 3 heterocycles. The summed E-state index contributed by atoms with van der Waals surface area (Å²) >= 11 is 2.95. The van der Waals surface area contributed by atoms with Gasteiger partial charge in [-0.25, -0.2) is 9.97 Å². The fourth-order valence-corrected chi connectivity index (χ4v) is 4.17. The predicted molar refractivity (Wildman–Crippen MR) is 98.7 cm³/mol. The molecule has 0 aliphatic heterocycles. The minimum atomic E-state index is -0.165. The Morgan fingerprint density at radius 1 is 1.20 bits per heavy atom. The molecule has 1 amide bonds. The van der Waals surface area contributed by atoms with Gasteiger partial charge in [-0.05, 0) is 5.56 Å². The van der Waals surface area contributed by atoms with Crippen LogP contribution in [0.5, 0.6) is 0 Å². The number of thiophene rings is 1. The molecule has 1 N–H and O–H groups in total. The number of hydrogen-bond acceptors (Lipinski definition) is 7. The summed E-state index contributed by atoms with van der Waals surface area (Å²) in [5.74, 6) is 0.462. The minimum absolute atomic E-state index is 0.165. The number of rotatable bonds is 5. The quantitative estimate of drug-likeness (QED) is 0.422. The van der Waals surface area contributed by atoms with Crippen molar-refractivity contribution in [2.24, 2.45) is 0 Å². The molecule has 0 radical (unpaired) electrons. The Bertz CT molecular complexity index is 1000. The molecule has 0 bridgehead atoms. The molecule has 0 aliphatic rings. The first-order valence-electron chi connectivity index (χ1n) is 7.42. The van der Waals surface area contributed by atoms with Crippen LogP contribution in [0.2, 0.25) is 0 Å². The third-order valence-corrected chi connectivity index (χ3v) is 5.34. The highest BCUT2D eigenvalue weighted by Gasteiger charge is 2.15. The zero-order valence-corrected chi connectivity index (χ0v) is 14.5.